The molecule has 134 valence electrons. The number of hydrogen-bond acceptors (Lipinski definition) is 3. The molecule has 0 aliphatic heterocycles. The van der Waals surface area contributed by atoms with Gasteiger partial charge in [-0.05, 0) is 30.9 Å². The molecule has 2 atom stereocenters. The molecule has 1 aromatic heterocycles. The number of carbonyl (C=O) groups excluding carboxylic acids is 1. The summed E-state index contributed by atoms with van der Waals surface area (Å²) in [5.74, 6) is 0.533. The first-order valence-corrected chi connectivity index (χ1v) is 9.11. The van der Waals surface area contributed by atoms with Gasteiger partial charge in [-0.15, -0.1) is 0 Å². The topological polar surface area (TPSA) is 60.3 Å². The van der Waals surface area contributed by atoms with E-state index >= 15 is 0 Å². The van der Waals surface area contributed by atoms with Gasteiger partial charge >= 0.3 is 0 Å². The molecule has 1 aliphatic rings. The van der Waals surface area contributed by atoms with E-state index in [0.29, 0.717) is 30.6 Å². The fourth-order valence-electron chi connectivity index (χ4n) is 3.54. The molecule has 1 heterocycles. The van der Waals surface area contributed by atoms with Gasteiger partial charge in [-0.1, -0.05) is 31.9 Å². The highest BCUT2D eigenvalue weighted by Crippen LogP contribution is 2.25. The molecular formula is C20H26N2O3. The van der Waals surface area contributed by atoms with Crippen molar-refractivity contribution in [3.8, 4) is 0 Å². The zero-order chi connectivity index (χ0) is 17.6. The highest BCUT2D eigenvalue weighted by atomic mass is 16.5. The van der Waals surface area contributed by atoms with Gasteiger partial charge in [0.25, 0.3) is 0 Å². The molecule has 0 saturated heterocycles. The summed E-state index contributed by atoms with van der Waals surface area (Å²) >= 11 is 0. The summed E-state index contributed by atoms with van der Waals surface area (Å²) in [6, 6.07) is 8.85. The number of ether oxygens (including phenoxy) is 1. The minimum Gasteiger partial charge on any atom is -0.376 e. The van der Waals surface area contributed by atoms with E-state index in [2.05, 4.69) is 12.2 Å². The number of benzene rings is 1. The maximum atomic E-state index is 12.2. The third-order valence-corrected chi connectivity index (χ3v) is 4.99. The number of hydrogen-bond donors (Lipinski definition) is 1. The number of nitrogens with zero attached hydrogens (tertiary/aromatic N) is 1. The van der Waals surface area contributed by atoms with E-state index in [1.807, 2.05) is 18.2 Å². The SMILES string of the molecule is CC1CCCCC1OCCNC(=O)Cn1ccc(=O)c2ccccc21. The van der Waals surface area contributed by atoms with Crippen molar-refractivity contribution >= 4 is 16.8 Å². The molecule has 0 radical (unpaired) electrons. The normalized spacial score (nSPS) is 20.5. The highest BCUT2D eigenvalue weighted by molar-refractivity contribution is 5.82. The Morgan fingerprint density at radius 2 is 2.04 bits per heavy atom. The van der Waals surface area contributed by atoms with Crippen LogP contribution in [-0.2, 0) is 16.1 Å². The third kappa shape index (κ3) is 4.48. The lowest BCUT2D eigenvalue weighted by molar-refractivity contribution is -0.122. The summed E-state index contributed by atoms with van der Waals surface area (Å²) in [6.07, 6.45) is 6.89. The molecule has 1 saturated carbocycles. The van der Waals surface area contributed by atoms with Crippen molar-refractivity contribution in [1.82, 2.24) is 9.88 Å². The Bertz CT molecular complexity index is 784. The number of pyridine rings is 1. The molecule has 5 nitrogen and oxygen atoms in total. The quantitative estimate of drug-likeness (QED) is 0.821. The third-order valence-electron chi connectivity index (χ3n) is 4.99. The maximum Gasteiger partial charge on any atom is 0.240 e. The second kappa shape index (κ2) is 8.30. The van der Waals surface area contributed by atoms with Crippen LogP contribution in [0.15, 0.2) is 41.3 Å². The summed E-state index contributed by atoms with van der Waals surface area (Å²) in [6.45, 7) is 3.50. The van der Waals surface area contributed by atoms with E-state index in [1.165, 1.54) is 25.3 Å². The number of para-hydroxylation sites is 1. The lowest BCUT2D eigenvalue weighted by Gasteiger charge is -2.28. The van der Waals surface area contributed by atoms with Crippen LogP contribution in [0.2, 0.25) is 0 Å². The van der Waals surface area contributed by atoms with Gasteiger partial charge in [0, 0.05) is 24.2 Å². The van der Waals surface area contributed by atoms with Crippen LogP contribution in [0.3, 0.4) is 0 Å². The van der Waals surface area contributed by atoms with E-state index in [9.17, 15) is 9.59 Å². The number of rotatable bonds is 6. The molecule has 0 bridgehead atoms. The largest absolute Gasteiger partial charge is 0.376 e. The Balaban J connectivity index is 1.50. The zero-order valence-corrected chi connectivity index (χ0v) is 14.7. The van der Waals surface area contributed by atoms with Crippen molar-refractivity contribution in [3.05, 3.63) is 46.8 Å². The number of amides is 1. The molecule has 0 spiro atoms. The smallest absolute Gasteiger partial charge is 0.240 e. The van der Waals surface area contributed by atoms with Crippen LogP contribution in [0.4, 0.5) is 0 Å². The summed E-state index contributed by atoms with van der Waals surface area (Å²) < 4.78 is 7.72. The molecule has 2 unspecified atom stereocenters. The van der Waals surface area contributed by atoms with Gasteiger partial charge < -0.3 is 14.6 Å². The Labute approximate surface area is 148 Å². The average Bonchev–Trinajstić information content (AvgIpc) is 2.63. The molecule has 1 amide bonds. The van der Waals surface area contributed by atoms with Crippen LogP contribution in [0.5, 0.6) is 0 Å². The molecular weight excluding hydrogens is 316 g/mol. The first-order valence-electron chi connectivity index (χ1n) is 9.11. The highest BCUT2D eigenvalue weighted by Gasteiger charge is 2.21. The summed E-state index contributed by atoms with van der Waals surface area (Å²) in [5.41, 5.74) is 0.750. The first-order chi connectivity index (χ1) is 12.1. The lowest BCUT2D eigenvalue weighted by Crippen LogP contribution is -2.33. The van der Waals surface area contributed by atoms with Gasteiger partial charge in [0.1, 0.15) is 6.54 Å². The summed E-state index contributed by atoms with van der Waals surface area (Å²) in [7, 11) is 0. The first kappa shape index (κ1) is 17.7. The van der Waals surface area contributed by atoms with Gasteiger partial charge in [0.2, 0.25) is 5.91 Å². The number of aromatic nitrogens is 1. The molecule has 25 heavy (non-hydrogen) atoms. The van der Waals surface area contributed by atoms with E-state index in [4.69, 9.17) is 4.74 Å². The molecule has 5 heteroatoms. The Morgan fingerprint density at radius 1 is 1.24 bits per heavy atom. The molecule has 1 fully saturated rings. The van der Waals surface area contributed by atoms with Crippen molar-refractivity contribution < 1.29 is 9.53 Å². The summed E-state index contributed by atoms with van der Waals surface area (Å²) in [5, 5.41) is 3.53. The van der Waals surface area contributed by atoms with Crippen molar-refractivity contribution in [2.75, 3.05) is 13.2 Å². The molecule has 3 rings (SSSR count). The van der Waals surface area contributed by atoms with Gasteiger partial charge in [-0.2, -0.15) is 0 Å². The number of carbonyl (C=O) groups is 1. The van der Waals surface area contributed by atoms with Crippen LogP contribution in [0.25, 0.3) is 10.9 Å². The maximum absolute atomic E-state index is 12.2. The minimum absolute atomic E-state index is 0.0257. The second-order valence-corrected chi connectivity index (χ2v) is 6.85. The number of nitrogens with one attached hydrogen (secondary N) is 1. The van der Waals surface area contributed by atoms with Crippen LogP contribution >= 0.6 is 0 Å². The van der Waals surface area contributed by atoms with E-state index < -0.39 is 0 Å². The van der Waals surface area contributed by atoms with Crippen molar-refractivity contribution in [2.45, 2.75) is 45.3 Å². The standard InChI is InChI=1S/C20H26N2O3/c1-15-6-2-5-9-19(15)25-13-11-21-20(24)14-22-12-10-18(23)16-7-3-4-8-17(16)22/h3-4,7-8,10,12,15,19H,2,5-6,9,11,13-14H2,1H3,(H,21,24). The van der Waals surface area contributed by atoms with Gasteiger partial charge in [0.05, 0.1) is 18.2 Å². The lowest BCUT2D eigenvalue weighted by atomic mass is 9.88. The summed E-state index contributed by atoms with van der Waals surface area (Å²) in [4.78, 5) is 24.1. The van der Waals surface area contributed by atoms with E-state index in [-0.39, 0.29) is 17.9 Å². The monoisotopic (exact) mass is 342 g/mol. The van der Waals surface area contributed by atoms with Gasteiger partial charge in [0.15, 0.2) is 5.43 Å². The van der Waals surface area contributed by atoms with Crippen molar-refractivity contribution in [1.29, 1.82) is 0 Å². The van der Waals surface area contributed by atoms with Crippen LogP contribution in [0.1, 0.15) is 32.6 Å². The van der Waals surface area contributed by atoms with Crippen molar-refractivity contribution in [2.24, 2.45) is 5.92 Å². The molecule has 1 aromatic carbocycles. The molecule has 1 N–H and O–H groups in total. The van der Waals surface area contributed by atoms with Gasteiger partial charge in [-0.3, -0.25) is 9.59 Å². The van der Waals surface area contributed by atoms with E-state index in [1.54, 1.807) is 16.8 Å². The van der Waals surface area contributed by atoms with E-state index in [0.717, 1.165) is 11.9 Å². The Hall–Kier alpha value is -2.14. The zero-order valence-electron chi connectivity index (χ0n) is 14.7. The van der Waals surface area contributed by atoms with Crippen LogP contribution in [-0.4, -0.2) is 29.7 Å². The Morgan fingerprint density at radius 3 is 2.88 bits per heavy atom. The average molecular weight is 342 g/mol. The van der Waals surface area contributed by atoms with Crippen molar-refractivity contribution in [3.63, 3.8) is 0 Å². The second-order valence-electron chi connectivity index (χ2n) is 6.85. The van der Waals surface area contributed by atoms with Crippen LogP contribution in [0, 0.1) is 5.92 Å². The fourth-order valence-corrected chi connectivity index (χ4v) is 3.54. The molecule has 1 aliphatic carbocycles. The predicted octanol–water partition coefficient (Wildman–Crippen LogP) is 2.71. The minimum atomic E-state index is -0.0749. The molecule has 2 aromatic rings. The van der Waals surface area contributed by atoms with Gasteiger partial charge in [-0.25, -0.2) is 0 Å². The number of fused-ring (bicyclic) bond motifs is 1. The Kier molecular flexibility index (Phi) is 5.87. The van der Waals surface area contributed by atoms with Crippen LogP contribution < -0.4 is 10.7 Å². The predicted molar refractivity (Wildman–Crippen MR) is 98.6 cm³/mol. The fraction of sp³-hybridized carbons (Fsp3) is 0.500.